The fraction of sp³-hybridized carbons (Fsp3) is 0.400. The van der Waals surface area contributed by atoms with Gasteiger partial charge in [0.15, 0.2) is 0 Å². The second-order valence-electron chi connectivity index (χ2n) is 3.54. The Labute approximate surface area is 85.9 Å². The average molecular weight is 242 g/mol. The fourth-order valence-corrected chi connectivity index (χ4v) is 2.32. The molecule has 2 rings (SSSR count). The summed E-state index contributed by atoms with van der Waals surface area (Å²) < 4.78 is 1.06. The Bertz CT molecular complexity index is 340. The summed E-state index contributed by atoms with van der Waals surface area (Å²) in [4.78, 5) is 0. The number of hydrogen-bond acceptors (Lipinski definition) is 2. The Balaban J connectivity index is 2.49. The first kappa shape index (κ1) is 9.19. The molecular weight excluding hydrogens is 230 g/mol. The highest BCUT2D eigenvalue weighted by molar-refractivity contribution is 9.10. The zero-order valence-corrected chi connectivity index (χ0v) is 8.84. The molecule has 0 saturated carbocycles. The van der Waals surface area contributed by atoms with E-state index in [0.717, 1.165) is 22.9 Å². The minimum Gasteiger partial charge on any atom is -0.384 e. The van der Waals surface area contributed by atoms with E-state index in [2.05, 4.69) is 22.0 Å². The van der Waals surface area contributed by atoms with E-state index in [0.29, 0.717) is 6.54 Å². The van der Waals surface area contributed by atoms with E-state index in [1.54, 1.807) is 0 Å². The van der Waals surface area contributed by atoms with Crippen molar-refractivity contribution in [2.24, 2.45) is 5.73 Å². The summed E-state index contributed by atoms with van der Waals surface area (Å²) >= 11 is 3.41. The number of aryl methyl sites for hydroxylation is 1. The van der Waals surface area contributed by atoms with Crippen LogP contribution in [0.2, 0.25) is 0 Å². The predicted molar refractivity (Wildman–Crippen MR) is 55.4 cm³/mol. The van der Waals surface area contributed by atoms with Crippen LogP contribution in [0.4, 0.5) is 0 Å². The van der Waals surface area contributed by atoms with E-state index in [1.807, 2.05) is 12.1 Å². The Morgan fingerprint density at radius 3 is 3.00 bits per heavy atom. The molecule has 2 nitrogen and oxygen atoms in total. The maximum atomic E-state index is 10.1. The highest BCUT2D eigenvalue weighted by Gasteiger charge is 2.34. The molecule has 3 N–H and O–H groups in total. The van der Waals surface area contributed by atoms with Crippen molar-refractivity contribution in [1.29, 1.82) is 0 Å². The molecule has 0 spiro atoms. The van der Waals surface area contributed by atoms with Crippen LogP contribution in [0, 0.1) is 0 Å². The van der Waals surface area contributed by atoms with Crippen LogP contribution in [0.25, 0.3) is 0 Å². The molecule has 0 fully saturated rings. The topological polar surface area (TPSA) is 46.2 Å². The Morgan fingerprint density at radius 2 is 2.31 bits per heavy atom. The number of nitrogens with two attached hydrogens (primary N) is 1. The van der Waals surface area contributed by atoms with Gasteiger partial charge in [0.25, 0.3) is 0 Å². The number of halogens is 1. The third-order valence-corrected chi connectivity index (χ3v) is 3.21. The van der Waals surface area contributed by atoms with E-state index in [1.165, 1.54) is 5.56 Å². The van der Waals surface area contributed by atoms with Crippen molar-refractivity contribution in [3.8, 4) is 0 Å². The predicted octanol–water partition coefficient (Wildman–Crippen LogP) is 1.54. The summed E-state index contributed by atoms with van der Waals surface area (Å²) in [5, 5.41) is 10.1. The lowest BCUT2D eigenvalue weighted by molar-refractivity contribution is 0.0481. The number of benzene rings is 1. The summed E-state index contributed by atoms with van der Waals surface area (Å²) in [6, 6.07) is 5.97. The zero-order chi connectivity index (χ0) is 9.47. The van der Waals surface area contributed by atoms with Crippen molar-refractivity contribution in [2.45, 2.75) is 18.4 Å². The van der Waals surface area contributed by atoms with Crippen LogP contribution >= 0.6 is 15.9 Å². The lowest BCUT2D eigenvalue weighted by Crippen LogP contribution is -2.32. The first-order valence-electron chi connectivity index (χ1n) is 4.37. The standard InChI is InChI=1S/C10H12BrNO/c11-8-1-2-9-7(5-8)3-4-10(9,13)6-12/h1-2,5,13H,3-4,6,12H2. The Hall–Kier alpha value is -0.380. The van der Waals surface area contributed by atoms with Crippen molar-refractivity contribution in [3.05, 3.63) is 33.8 Å². The molecule has 0 saturated heterocycles. The number of fused-ring (bicyclic) bond motifs is 1. The number of hydrogen-bond donors (Lipinski definition) is 2. The second-order valence-corrected chi connectivity index (χ2v) is 4.45. The van der Waals surface area contributed by atoms with Gasteiger partial charge in [-0.3, -0.25) is 0 Å². The molecule has 3 heteroatoms. The minimum absolute atomic E-state index is 0.307. The fourth-order valence-electron chi connectivity index (χ4n) is 1.91. The second kappa shape index (κ2) is 3.08. The van der Waals surface area contributed by atoms with Crippen molar-refractivity contribution >= 4 is 15.9 Å². The van der Waals surface area contributed by atoms with Gasteiger partial charge in [-0.25, -0.2) is 0 Å². The van der Waals surface area contributed by atoms with Gasteiger partial charge < -0.3 is 10.8 Å². The summed E-state index contributed by atoms with van der Waals surface area (Å²) in [5.74, 6) is 0. The van der Waals surface area contributed by atoms with Crippen molar-refractivity contribution in [3.63, 3.8) is 0 Å². The van der Waals surface area contributed by atoms with E-state index >= 15 is 0 Å². The molecule has 0 bridgehead atoms. The molecule has 1 atom stereocenters. The first-order valence-corrected chi connectivity index (χ1v) is 5.16. The van der Waals surface area contributed by atoms with Gasteiger partial charge in [0.2, 0.25) is 0 Å². The molecule has 0 aliphatic heterocycles. The summed E-state index contributed by atoms with van der Waals surface area (Å²) in [5.41, 5.74) is 6.99. The first-order chi connectivity index (χ1) is 6.15. The van der Waals surface area contributed by atoms with Gasteiger partial charge in [-0.1, -0.05) is 22.0 Å². The lowest BCUT2D eigenvalue weighted by Gasteiger charge is -2.21. The molecule has 1 aliphatic rings. The maximum absolute atomic E-state index is 10.1. The molecule has 70 valence electrons. The maximum Gasteiger partial charge on any atom is 0.102 e. The molecule has 13 heavy (non-hydrogen) atoms. The zero-order valence-electron chi connectivity index (χ0n) is 7.26. The molecular formula is C10H12BrNO. The van der Waals surface area contributed by atoms with Crippen LogP contribution in [0.15, 0.2) is 22.7 Å². The molecule has 0 radical (unpaired) electrons. The van der Waals surface area contributed by atoms with E-state index in [4.69, 9.17) is 5.73 Å². The number of aliphatic hydroxyl groups is 1. The van der Waals surface area contributed by atoms with E-state index in [-0.39, 0.29) is 0 Å². The monoisotopic (exact) mass is 241 g/mol. The lowest BCUT2D eigenvalue weighted by atomic mass is 9.96. The summed E-state index contributed by atoms with van der Waals surface area (Å²) in [7, 11) is 0. The molecule has 0 aromatic heterocycles. The van der Waals surface area contributed by atoms with Gasteiger partial charge >= 0.3 is 0 Å². The van der Waals surface area contributed by atoms with Crippen LogP contribution in [0.5, 0.6) is 0 Å². The molecule has 0 heterocycles. The third kappa shape index (κ3) is 1.41. The molecule has 0 amide bonds. The SMILES string of the molecule is NCC1(O)CCc2cc(Br)ccc21. The molecule has 1 unspecified atom stereocenters. The van der Waals surface area contributed by atoms with Crippen LogP contribution in [-0.2, 0) is 12.0 Å². The van der Waals surface area contributed by atoms with Gasteiger partial charge in [-0.2, -0.15) is 0 Å². The van der Waals surface area contributed by atoms with Crippen LogP contribution < -0.4 is 5.73 Å². The Morgan fingerprint density at radius 1 is 1.54 bits per heavy atom. The van der Waals surface area contributed by atoms with Gasteiger partial charge in [-0.15, -0.1) is 0 Å². The van der Waals surface area contributed by atoms with Crippen molar-refractivity contribution < 1.29 is 5.11 Å². The summed E-state index contributed by atoms with van der Waals surface area (Å²) in [6.07, 6.45) is 1.66. The third-order valence-electron chi connectivity index (χ3n) is 2.71. The quantitative estimate of drug-likeness (QED) is 0.784. The normalized spacial score (nSPS) is 26.1. The average Bonchev–Trinajstić information content (AvgIpc) is 2.45. The van der Waals surface area contributed by atoms with E-state index < -0.39 is 5.60 Å². The molecule has 1 aromatic rings. The van der Waals surface area contributed by atoms with Gasteiger partial charge in [0.1, 0.15) is 5.60 Å². The highest BCUT2D eigenvalue weighted by atomic mass is 79.9. The smallest absolute Gasteiger partial charge is 0.102 e. The number of rotatable bonds is 1. The highest BCUT2D eigenvalue weighted by Crippen LogP contribution is 2.37. The minimum atomic E-state index is -0.782. The Kier molecular flexibility index (Phi) is 2.18. The van der Waals surface area contributed by atoms with E-state index in [9.17, 15) is 5.11 Å². The van der Waals surface area contributed by atoms with Crippen LogP contribution in [0.3, 0.4) is 0 Å². The van der Waals surface area contributed by atoms with Gasteiger partial charge in [0.05, 0.1) is 0 Å². The van der Waals surface area contributed by atoms with Crippen molar-refractivity contribution in [2.75, 3.05) is 6.54 Å². The largest absolute Gasteiger partial charge is 0.384 e. The molecule has 1 aliphatic carbocycles. The van der Waals surface area contributed by atoms with Crippen molar-refractivity contribution in [1.82, 2.24) is 0 Å². The molecule has 1 aromatic carbocycles. The summed E-state index contributed by atoms with van der Waals surface area (Å²) in [6.45, 7) is 0.307. The van der Waals surface area contributed by atoms with Crippen LogP contribution in [-0.4, -0.2) is 11.7 Å². The van der Waals surface area contributed by atoms with Crippen LogP contribution in [0.1, 0.15) is 17.5 Å². The van der Waals surface area contributed by atoms with Gasteiger partial charge in [0, 0.05) is 11.0 Å². The van der Waals surface area contributed by atoms with Gasteiger partial charge in [-0.05, 0) is 36.1 Å².